The monoisotopic (exact) mass is 364 g/mol. The fourth-order valence-electron chi connectivity index (χ4n) is 3.45. The van der Waals surface area contributed by atoms with Crippen LogP contribution in [0.3, 0.4) is 0 Å². The van der Waals surface area contributed by atoms with Crippen molar-refractivity contribution in [3.63, 3.8) is 0 Å². The van der Waals surface area contributed by atoms with Gasteiger partial charge in [-0.25, -0.2) is 0 Å². The largest absolute Gasteiger partial charge is 0.355 e. The normalized spacial score (nSPS) is 11.8. The molecule has 2 heteroatoms. The first-order valence-corrected chi connectivity index (χ1v) is 9.35. The van der Waals surface area contributed by atoms with E-state index in [1.54, 1.807) is 0 Å². The van der Waals surface area contributed by atoms with Gasteiger partial charge in [-0.1, -0.05) is 79.4 Å². The first-order valence-electron chi connectivity index (χ1n) is 9.35. The molecule has 0 spiro atoms. The lowest BCUT2D eigenvalue weighted by Gasteiger charge is -2.18. The van der Waals surface area contributed by atoms with Crippen molar-refractivity contribution < 1.29 is 1.43 Å². The van der Waals surface area contributed by atoms with Crippen LogP contribution in [-0.4, -0.2) is 4.98 Å². The lowest BCUT2D eigenvalue weighted by molar-refractivity contribution is 1.22. The van der Waals surface area contributed by atoms with Crippen LogP contribution in [0.2, 0.25) is 0 Å². The molecule has 3 aromatic carbocycles. The Kier molecular flexibility index (Phi) is 5.03. The molecule has 1 aromatic heterocycles. The summed E-state index contributed by atoms with van der Waals surface area (Å²) in [6.45, 7) is 6.42. The van der Waals surface area contributed by atoms with Gasteiger partial charge >= 0.3 is 0 Å². The van der Waals surface area contributed by atoms with Crippen LogP contribution in [-0.2, 0) is 0 Å². The molecule has 4 aromatic rings. The Bertz CT molecular complexity index is 1140. The molecule has 0 fully saturated rings. The second kappa shape index (κ2) is 7.93. The molecule has 2 nitrogen and oxygen atoms in total. The van der Waals surface area contributed by atoms with Gasteiger partial charge in [-0.3, -0.25) is 4.98 Å². The van der Waals surface area contributed by atoms with Crippen molar-refractivity contribution in [3.8, 4) is 0 Å². The second-order valence-corrected chi connectivity index (χ2v) is 6.73. The van der Waals surface area contributed by atoms with Crippen molar-refractivity contribution in [2.45, 2.75) is 6.92 Å². The maximum atomic E-state index is 4.27. The summed E-state index contributed by atoms with van der Waals surface area (Å²) in [4.78, 5) is 4.17. The topological polar surface area (TPSA) is 24.9 Å². The Morgan fingerprint density at radius 1 is 0.786 bits per heavy atom. The molecule has 0 aliphatic heterocycles. The smallest absolute Gasteiger partial charge is 0.0494 e. The lowest BCUT2D eigenvalue weighted by Crippen LogP contribution is -2.12. The average Bonchev–Trinajstić information content (AvgIpc) is 2.77. The number of benzene rings is 3. The van der Waals surface area contributed by atoms with E-state index in [2.05, 4.69) is 78.4 Å². The summed E-state index contributed by atoms with van der Waals surface area (Å²) < 4.78 is 0. The van der Waals surface area contributed by atoms with Crippen molar-refractivity contribution in [3.05, 3.63) is 121 Å². The Balaban J connectivity index is 0.00000240. The maximum absolute atomic E-state index is 4.27. The molecule has 28 heavy (non-hydrogen) atoms. The molecule has 1 N–H and O–H groups in total. The highest BCUT2D eigenvalue weighted by atomic mass is 14.9. The molecule has 0 radical (unpaired) electrons. The molecule has 0 unspecified atom stereocenters. The lowest BCUT2D eigenvalue weighted by atomic mass is 9.95. The zero-order valence-electron chi connectivity index (χ0n) is 15.9. The molecule has 0 saturated carbocycles. The quantitative estimate of drug-likeness (QED) is 0.430. The fourth-order valence-corrected chi connectivity index (χ4v) is 3.45. The summed E-state index contributed by atoms with van der Waals surface area (Å²) in [5.41, 5.74) is 6.43. The third-order valence-corrected chi connectivity index (χ3v) is 4.94. The molecular formula is C26H24N2. The van der Waals surface area contributed by atoms with E-state index in [1.807, 2.05) is 42.7 Å². The second-order valence-electron chi connectivity index (χ2n) is 6.73. The molecule has 0 aliphatic carbocycles. The summed E-state index contributed by atoms with van der Waals surface area (Å²) >= 11 is 0. The molecule has 0 atom stereocenters. The van der Waals surface area contributed by atoms with E-state index in [0.717, 1.165) is 22.5 Å². The maximum Gasteiger partial charge on any atom is 0.0494 e. The van der Waals surface area contributed by atoms with Crippen molar-refractivity contribution in [1.29, 1.82) is 0 Å². The van der Waals surface area contributed by atoms with Gasteiger partial charge in [0.25, 0.3) is 0 Å². The van der Waals surface area contributed by atoms with E-state index in [4.69, 9.17) is 0 Å². The van der Waals surface area contributed by atoms with Crippen LogP contribution < -0.4 is 5.32 Å². The van der Waals surface area contributed by atoms with Gasteiger partial charge in [0.1, 0.15) is 0 Å². The molecule has 4 rings (SSSR count). The zero-order valence-corrected chi connectivity index (χ0v) is 15.9. The highest BCUT2D eigenvalue weighted by Gasteiger charge is 2.12. The Morgan fingerprint density at radius 2 is 1.46 bits per heavy atom. The predicted molar refractivity (Wildman–Crippen MR) is 121 cm³/mol. The van der Waals surface area contributed by atoms with Crippen LogP contribution in [0.4, 0.5) is 0 Å². The minimum absolute atomic E-state index is 0. The SMILES string of the molecule is C=C(N/C(=C(\C)c1cccc2ccccc12)c1ccncc1)c1ccccc1.[HH]. The van der Waals surface area contributed by atoms with Gasteiger partial charge < -0.3 is 5.32 Å². The van der Waals surface area contributed by atoms with Gasteiger partial charge in [0.15, 0.2) is 0 Å². The van der Waals surface area contributed by atoms with Crippen molar-refractivity contribution in [1.82, 2.24) is 10.3 Å². The first-order chi connectivity index (χ1) is 13.7. The van der Waals surface area contributed by atoms with Gasteiger partial charge in [-0.2, -0.15) is 0 Å². The summed E-state index contributed by atoms with van der Waals surface area (Å²) in [7, 11) is 0. The molecule has 0 aliphatic rings. The predicted octanol–water partition coefficient (Wildman–Crippen LogP) is 6.63. The van der Waals surface area contributed by atoms with Crippen LogP contribution in [0, 0.1) is 0 Å². The Morgan fingerprint density at radius 3 is 2.25 bits per heavy atom. The standard InChI is InChI=1S/C26H22N2.H2/c1-19(24-14-8-12-22-11-6-7-13-25(22)24)26(23-15-17-27-18-16-23)28-20(2)21-9-4-3-5-10-21;/h3-18,28H,2H2,1H3;1H/b26-19+;. The summed E-state index contributed by atoms with van der Waals surface area (Å²) in [6.07, 6.45) is 3.64. The number of hydrogen-bond donors (Lipinski definition) is 1. The summed E-state index contributed by atoms with van der Waals surface area (Å²) in [5, 5.41) is 6.04. The van der Waals surface area contributed by atoms with Crippen LogP contribution in [0.1, 0.15) is 25.0 Å². The van der Waals surface area contributed by atoms with Gasteiger partial charge in [0.2, 0.25) is 0 Å². The van der Waals surface area contributed by atoms with Gasteiger partial charge in [0.05, 0.1) is 0 Å². The van der Waals surface area contributed by atoms with Crippen molar-refractivity contribution in [2.75, 3.05) is 0 Å². The minimum atomic E-state index is 0. The first kappa shape index (κ1) is 17.7. The van der Waals surface area contributed by atoms with E-state index < -0.39 is 0 Å². The zero-order chi connectivity index (χ0) is 19.3. The average molecular weight is 364 g/mol. The van der Waals surface area contributed by atoms with E-state index in [1.165, 1.54) is 21.9 Å². The van der Waals surface area contributed by atoms with Crippen LogP contribution in [0.5, 0.6) is 0 Å². The van der Waals surface area contributed by atoms with Gasteiger partial charge in [-0.15, -0.1) is 0 Å². The summed E-state index contributed by atoms with van der Waals surface area (Å²) in [5.74, 6) is 0. The molecular weight excluding hydrogens is 340 g/mol. The summed E-state index contributed by atoms with van der Waals surface area (Å²) in [6, 6.07) is 29.1. The number of nitrogens with zero attached hydrogens (tertiary/aromatic N) is 1. The molecule has 1 heterocycles. The Labute approximate surface area is 167 Å². The molecule has 0 amide bonds. The van der Waals surface area contributed by atoms with Crippen molar-refractivity contribution >= 4 is 27.7 Å². The number of rotatable bonds is 5. The number of nitrogens with one attached hydrogen (secondary N) is 1. The van der Waals surface area contributed by atoms with Gasteiger partial charge in [0, 0.05) is 30.8 Å². The number of hydrogen-bond acceptors (Lipinski definition) is 2. The number of allylic oxidation sites excluding steroid dienone is 1. The fraction of sp³-hybridized carbons (Fsp3) is 0.0385. The van der Waals surface area contributed by atoms with Gasteiger partial charge in [-0.05, 0) is 46.5 Å². The van der Waals surface area contributed by atoms with Crippen LogP contribution in [0.15, 0.2) is 104 Å². The third-order valence-electron chi connectivity index (χ3n) is 4.94. The highest BCUT2D eigenvalue weighted by Crippen LogP contribution is 2.31. The Hall–Kier alpha value is -3.65. The van der Waals surface area contributed by atoms with E-state index in [0.29, 0.717) is 0 Å². The molecule has 0 bridgehead atoms. The third kappa shape index (κ3) is 3.58. The number of pyridine rings is 1. The van der Waals surface area contributed by atoms with Crippen LogP contribution >= 0.6 is 0 Å². The van der Waals surface area contributed by atoms with Crippen LogP contribution in [0.25, 0.3) is 27.7 Å². The van der Waals surface area contributed by atoms with E-state index in [-0.39, 0.29) is 1.43 Å². The minimum Gasteiger partial charge on any atom is -0.355 e. The number of fused-ring (bicyclic) bond motifs is 1. The molecule has 138 valence electrons. The molecule has 0 saturated heterocycles. The van der Waals surface area contributed by atoms with E-state index >= 15 is 0 Å². The highest BCUT2D eigenvalue weighted by molar-refractivity contribution is 6.01. The van der Waals surface area contributed by atoms with E-state index in [9.17, 15) is 0 Å². The van der Waals surface area contributed by atoms with Crippen molar-refractivity contribution in [2.24, 2.45) is 0 Å². The number of aromatic nitrogens is 1.